The summed E-state index contributed by atoms with van der Waals surface area (Å²) in [6.07, 6.45) is 5.52. The third-order valence-corrected chi connectivity index (χ3v) is 4.34. The largest absolute Gasteiger partial charge is 0.326 e. The highest BCUT2D eigenvalue weighted by molar-refractivity contribution is 7.98. The molecule has 4 heteroatoms. The first-order valence-corrected chi connectivity index (χ1v) is 8.10. The van der Waals surface area contributed by atoms with Crippen LogP contribution in [0.15, 0.2) is 0 Å². The first-order chi connectivity index (χ1) is 8.15. The van der Waals surface area contributed by atoms with Crippen molar-refractivity contribution in [2.75, 3.05) is 18.6 Å². The third-order valence-electron chi connectivity index (χ3n) is 3.64. The first-order valence-electron chi connectivity index (χ1n) is 6.71. The number of amides is 1. The molecule has 1 aliphatic rings. The average Bonchev–Trinajstić information content (AvgIpc) is 2.66. The van der Waals surface area contributed by atoms with Crippen LogP contribution in [0.5, 0.6) is 0 Å². The SMILES string of the molecule is CCC(C)C1NC(CC)N(CCCSC)C1=O. The van der Waals surface area contributed by atoms with E-state index in [4.69, 9.17) is 0 Å². The first kappa shape index (κ1) is 14.8. The molecular weight excluding hydrogens is 232 g/mol. The second-order valence-electron chi connectivity index (χ2n) is 4.83. The van der Waals surface area contributed by atoms with Crippen LogP contribution in [0.3, 0.4) is 0 Å². The van der Waals surface area contributed by atoms with Crippen molar-refractivity contribution in [2.45, 2.75) is 52.2 Å². The lowest BCUT2D eigenvalue weighted by Gasteiger charge is -2.22. The maximum absolute atomic E-state index is 12.3. The molecule has 3 atom stereocenters. The molecule has 1 heterocycles. The van der Waals surface area contributed by atoms with Gasteiger partial charge in [-0.25, -0.2) is 0 Å². The molecule has 1 saturated heterocycles. The van der Waals surface area contributed by atoms with Crippen molar-refractivity contribution in [3.8, 4) is 0 Å². The van der Waals surface area contributed by atoms with E-state index in [0.717, 1.165) is 31.6 Å². The van der Waals surface area contributed by atoms with Gasteiger partial charge in [0, 0.05) is 6.54 Å². The van der Waals surface area contributed by atoms with Crippen LogP contribution in [0.4, 0.5) is 0 Å². The van der Waals surface area contributed by atoms with Crippen molar-refractivity contribution >= 4 is 17.7 Å². The van der Waals surface area contributed by atoms with Gasteiger partial charge in [-0.3, -0.25) is 10.1 Å². The van der Waals surface area contributed by atoms with Gasteiger partial charge in [0.05, 0.1) is 12.2 Å². The second kappa shape index (κ2) is 7.27. The molecule has 3 unspecified atom stereocenters. The van der Waals surface area contributed by atoms with E-state index in [-0.39, 0.29) is 12.2 Å². The molecule has 0 aromatic carbocycles. The smallest absolute Gasteiger partial charge is 0.241 e. The summed E-state index contributed by atoms with van der Waals surface area (Å²) in [5, 5.41) is 3.49. The quantitative estimate of drug-likeness (QED) is 0.711. The molecule has 3 nitrogen and oxygen atoms in total. The summed E-state index contributed by atoms with van der Waals surface area (Å²) < 4.78 is 0. The fourth-order valence-corrected chi connectivity index (χ4v) is 2.75. The highest BCUT2D eigenvalue weighted by atomic mass is 32.2. The molecule has 0 radical (unpaired) electrons. The van der Waals surface area contributed by atoms with Gasteiger partial charge in [-0.2, -0.15) is 11.8 Å². The molecule has 1 rings (SSSR count). The summed E-state index contributed by atoms with van der Waals surface area (Å²) in [5.41, 5.74) is 0. The summed E-state index contributed by atoms with van der Waals surface area (Å²) in [6, 6.07) is 0.0410. The van der Waals surface area contributed by atoms with Crippen molar-refractivity contribution in [1.82, 2.24) is 10.2 Å². The lowest BCUT2D eigenvalue weighted by atomic mass is 9.99. The molecule has 100 valence electrons. The maximum atomic E-state index is 12.3. The Morgan fingerprint density at radius 2 is 2.18 bits per heavy atom. The van der Waals surface area contributed by atoms with Crippen molar-refractivity contribution in [1.29, 1.82) is 0 Å². The third kappa shape index (κ3) is 3.62. The van der Waals surface area contributed by atoms with Crippen molar-refractivity contribution in [3.63, 3.8) is 0 Å². The molecule has 1 N–H and O–H groups in total. The Bertz CT molecular complexity index is 248. The predicted octanol–water partition coefficient (Wildman–Crippen LogP) is 2.32. The van der Waals surface area contributed by atoms with E-state index in [9.17, 15) is 4.79 Å². The molecular formula is C13H26N2OS. The highest BCUT2D eigenvalue weighted by Gasteiger charge is 2.39. The van der Waals surface area contributed by atoms with Gasteiger partial charge >= 0.3 is 0 Å². The molecule has 0 aromatic rings. The van der Waals surface area contributed by atoms with E-state index in [2.05, 4.69) is 32.3 Å². The molecule has 0 saturated carbocycles. The summed E-state index contributed by atoms with van der Waals surface area (Å²) in [6.45, 7) is 7.36. The lowest BCUT2D eigenvalue weighted by molar-refractivity contribution is -0.130. The van der Waals surface area contributed by atoms with Gasteiger partial charge < -0.3 is 4.90 Å². The summed E-state index contributed by atoms with van der Waals surface area (Å²) in [5.74, 6) is 1.88. The Hall–Kier alpha value is -0.220. The van der Waals surface area contributed by atoms with Crippen LogP contribution in [-0.4, -0.2) is 41.6 Å². The van der Waals surface area contributed by atoms with Crippen LogP contribution in [0.1, 0.15) is 40.0 Å². The molecule has 1 aliphatic heterocycles. The Balaban J connectivity index is 2.58. The van der Waals surface area contributed by atoms with E-state index >= 15 is 0 Å². The van der Waals surface area contributed by atoms with Crippen LogP contribution in [-0.2, 0) is 4.79 Å². The Labute approximate surface area is 110 Å². The number of carbonyl (C=O) groups is 1. The van der Waals surface area contributed by atoms with Crippen LogP contribution in [0.25, 0.3) is 0 Å². The fraction of sp³-hybridized carbons (Fsp3) is 0.923. The average molecular weight is 258 g/mol. The van der Waals surface area contributed by atoms with Gasteiger partial charge in [-0.05, 0) is 30.8 Å². The zero-order chi connectivity index (χ0) is 12.8. The van der Waals surface area contributed by atoms with Crippen LogP contribution >= 0.6 is 11.8 Å². The molecule has 0 aromatic heterocycles. The number of nitrogens with zero attached hydrogens (tertiary/aromatic N) is 1. The fourth-order valence-electron chi connectivity index (χ4n) is 2.33. The lowest BCUT2D eigenvalue weighted by Crippen LogP contribution is -2.37. The van der Waals surface area contributed by atoms with Crippen LogP contribution in [0, 0.1) is 5.92 Å². The number of nitrogens with one attached hydrogen (secondary N) is 1. The number of hydrogen-bond acceptors (Lipinski definition) is 3. The minimum atomic E-state index is 0.0410. The van der Waals surface area contributed by atoms with E-state index in [1.807, 2.05) is 16.7 Å². The molecule has 1 amide bonds. The van der Waals surface area contributed by atoms with Gasteiger partial charge in [-0.1, -0.05) is 27.2 Å². The zero-order valence-electron chi connectivity index (χ0n) is 11.5. The van der Waals surface area contributed by atoms with Gasteiger partial charge in [0.1, 0.15) is 0 Å². The topological polar surface area (TPSA) is 32.3 Å². The van der Waals surface area contributed by atoms with Gasteiger partial charge in [-0.15, -0.1) is 0 Å². The number of hydrogen-bond donors (Lipinski definition) is 1. The molecule has 0 spiro atoms. The summed E-state index contributed by atoms with van der Waals surface area (Å²) in [4.78, 5) is 14.4. The minimum absolute atomic E-state index is 0.0410. The molecule has 0 aliphatic carbocycles. The zero-order valence-corrected chi connectivity index (χ0v) is 12.3. The molecule has 0 bridgehead atoms. The Morgan fingerprint density at radius 1 is 1.47 bits per heavy atom. The number of carbonyl (C=O) groups excluding carboxylic acids is 1. The van der Waals surface area contributed by atoms with Gasteiger partial charge in [0.15, 0.2) is 0 Å². The molecule has 1 fully saturated rings. The van der Waals surface area contributed by atoms with E-state index in [1.54, 1.807) is 0 Å². The minimum Gasteiger partial charge on any atom is -0.326 e. The summed E-state index contributed by atoms with van der Waals surface area (Å²) >= 11 is 1.85. The van der Waals surface area contributed by atoms with E-state index in [1.165, 1.54) is 0 Å². The van der Waals surface area contributed by atoms with Crippen molar-refractivity contribution < 1.29 is 4.79 Å². The van der Waals surface area contributed by atoms with Crippen LogP contribution in [0.2, 0.25) is 0 Å². The Morgan fingerprint density at radius 3 is 2.71 bits per heavy atom. The highest BCUT2D eigenvalue weighted by Crippen LogP contribution is 2.21. The number of rotatable bonds is 7. The predicted molar refractivity (Wildman–Crippen MR) is 75.2 cm³/mol. The number of thioether (sulfide) groups is 1. The van der Waals surface area contributed by atoms with Gasteiger partial charge in [0.2, 0.25) is 5.91 Å². The summed E-state index contributed by atoms with van der Waals surface area (Å²) in [7, 11) is 0. The molecule has 17 heavy (non-hydrogen) atoms. The maximum Gasteiger partial charge on any atom is 0.241 e. The standard InChI is InChI=1S/C13H26N2OS/c1-5-10(3)12-13(16)15(8-7-9-17-4)11(6-2)14-12/h10-12,14H,5-9H2,1-4H3. The monoisotopic (exact) mass is 258 g/mol. The normalized spacial score (nSPS) is 26.6. The van der Waals surface area contributed by atoms with E-state index < -0.39 is 0 Å². The Kier molecular flexibility index (Phi) is 6.34. The van der Waals surface area contributed by atoms with Crippen LogP contribution < -0.4 is 5.32 Å². The second-order valence-corrected chi connectivity index (χ2v) is 5.82. The van der Waals surface area contributed by atoms with E-state index in [0.29, 0.717) is 11.8 Å². The van der Waals surface area contributed by atoms with Crippen molar-refractivity contribution in [2.24, 2.45) is 5.92 Å². The van der Waals surface area contributed by atoms with Gasteiger partial charge in [0.25, 0.3) is 0 Å². The van der Waals surface area contributed by atoms with Crippen molar-refractivity contribution in [3.05, 3.63) is 0 Å².